The molecule has 0 saturated heterocycles. The third kappa shape index (κ3) is 8.90. The first-order valence-corrected chi connectivity index (χ1v) is 22.8. The van der Waals surface area contributed by atoms with E-state index < -0.39 is 11.6 Å². The van der Waals surface area contributed by atoms with Gasteiger partial charge in [-0.2, -0.15) is 0 Å². The third-order valence-corrected chi connectivity index (χ3v) is 14.0. The molecule has 8 rings (SSSR count). The highest BCUT2D eigenvalue weighted by Gasteiger charge is 2.48. The lowest BCUT2D eigenvalue weighted by molar-refractivity contribution is 0.0300. The normalized spacial score (nSPS) is 13.6. The molecule has 0 atom stereocenters. The molecule has 0 fully saturated rings. The highest BCUT2D eigenvalue weighted by atomic mass is 35.5. The Bertz CT molecular complexity index is 2790. The lowest BCUT2D eigenvalue weighted by Crippen LogP contribution is -2.23. The van der Waals surface area contributed by atoms with Crippen molar-refractivity contribution in [3.63, 3.8) is 0 Å². The van der Waals surface area contributed by atoms with Crippen molar-refractivity contribution in [2.24, 2.45) is 0 Å². The van der Waals surface area contributed by atoms with Crippen molar-refractivity contribution < 1.29 is 18.4 Å². The predicted octanol–water partition coefficient (Wildman–Crippen LogP) is 15.7. The van der Waals surface area contributed by atoms with Crippen LogP contribution in [0.4, 0.5) is 11.4 Å². The van der Waals surface area contributed by atoms with E-state index in [1.54, 1.807) is 12.5 Å². The fourth-order valence-corrected chi connectivity index (χ4v) is 9.26. The number of halogens is 4. The molecule has 2 aromatic heterocycles. The highest BCUT2D eigenvalue weighted by Crippen LogP contribution is 2.53. The van der Waals surface area contributed by atoms with Gasteiger partial charge in [0.2, 0.25) is 0 Å². The number of hydrogen-bond acceptors (Lipinski definition) is 6. The Balaban J connectivity index is 1.34. The van der Waals surface area contributed by atoms with Crippen LogP contribution in [0.15, 0.2) is 131 Å². The second kappa shape index (κ2) is 18.8. The monoisotopic (exact) mass is 928 g/mol. The summed E-state index contributed by atoms with van der Waals surface area (Å²) in [6.45, 7) is 13.6. The minimum Gasteiger partial charge on any atom is -0.467 e. The quantitative estimate of drug-likeness (QED) is 0.0643. The van der Waals surface area contributed by atoms with Crippen molar-refractivity contribution in [3.05, 3.63) is 220 Å². The average molecular weight is 931 g/mol. The highest BCUT2D eigenvalue weighted by molar-refractivity contribution is 6.53. The summed E-state index contributed by atoms with van der Waals surface area (Å²) in [5, 5.41) is 7.04. The van der Waals surface area contributed by atoms with E-state index in [0.29, 0.717) is 18.7 Å². The molecule has 326 valence electrons. The molecule has 3 heterocycles. The van der Waals surface area contributed by atoms with Crippen LogP contribution in [0.1, 0.15) is 96.9 Å². The van der Waals surface area contributed by atoms with Crippen LogP contribution in [-0.4, -0.2) is 5.97 Å². The topological polar surface area (TPSA) is 76.6 Å². The molecular formula is C54H48Cl4N2O4. The average Bonchev–Trinajstić information content (AvgIpc) is 4.04. The molecule has 0 bridgehead atoms. The number of anilines is 2. The second-order valence-electron chi connectivity index (χ2n) is 16.2. The van der Waals surface area contributed by atoms with E-state index in [1.807, 2.05) is 72.8 Å². The second-order valence-corrected chi connectivity index (χ2v) is 17.7. The molecule has 10 heteroatoms. The van der Waals surface area contributed by atoms with Crippen molar-refractivity contribution >= 4 is 74.9 Å². The molecular weight excluding hydrogens is 882 g/mol. The number of rotatable bonds is 14. The minimum atomic E-state index is -1.65. The van der Waals surface area contributed by atoms with E-state index in [1.165, 1.54) is 0 Å². The lowest BCUT2D eigenvalue weighted by Gasteiger charge is -2.27. The van der Waals surface area contributed by atoms with Gasteiger partial charge < -0.3 is 24.2 Å². The summed E-state index contributed by atoms with van der Waals surface area (Å²) in [7, 11) is 0. The fourth-order valence-electron chi connectivity index (χ4n) is 8.18. The maximum atomic E-state index is 14.4. The summed E-state index contributed by atoms with van der Waals surface area (Å²) < 4.78 is 18.2. The van der Waals surface area contributed by atoms with Gasteiger partial charge in [0, 0.05) is 16.9 Å². The maximum Gasteiger partial charge on any atom is 0.341 e. The summed E-state index contributed by atoms with van der Waals surface area (Å²) in [5.41, 5.74) is 12.4. The molecule has 6 nitrogen and oxygen atoms in total. The number of cyclic esters (lactones) is 1. The SMILES string of the molecule is CCc1ccoc1CNc1ccc(/C(=C/C2(/C=C(/c3ccc(NCc4occc4CC)cc3)c3ccc(C)c(C)c3)OC(=O)c3c(Cl)c(Cl)c(Cl)c(Cl)c32)c2ccc(C)c(C)c2)cc1. The molecule has 0 saturated carbocycles. The van der Waals surface area contributed by atoms with E-state index in [0.717, 1.165) is 103 Å². The molecule has 5 aromatic carbocycles. The van der Waals surface area contributed by atoms with Crippen LogP contribution in [0.25, 0.3) is 11.1 Å². The summed E-state index contributed by atoms with van der Waals surface area (Å²) in [4.78, 5) is 14.4. The Labute approximate surface area is 394 Å². The summed E-state index contributed by atoms with van der Waals surface area (Å²) in [6, 6.07) is 32.9. The molecule has 64 heavy (non-hydrogen) atoms. The van der Waals surface area contributed by atoms with Gasteiger partial charge >= 0.3 is 5.97 Å². The fraction of sp³-hybridized carbons (Fsp3) is 0.204. The number of benzene rings is 5. The number of furan rings is 2. The van der Waals surface area contributed by atoms with Gasteiger partial charge in [-0.25, -0.2) is 4.79 Å². The number of fused-ring (bicyclic) bond motifs is 1. The first-order valence-electron chi connectivity index (χ1n) is 21.3. The zero-order chi connectivity index (χ0) is 45.3. The standard InChI is InChI=1S/C54H48Cl4N2O4/c1-7-35-21-23-62-45(35)29-59-41-17-13-37(14-18-41)43(39-11-9-31(3)33(5)25-39)27-54(48-47(53(61)64-54)49(55)51(57)52(58)50(48)56)28-44(40-12-10-32(4)34(6)26-40)38-15-19-42(20-16-38)60-30-46-36(8-2)22-24-63-46/h9-28,59-60H,7-8,29-30H2,1-6H3/b43-27-,44-28-. The van der Waals surface area contributed by atoms with E-state index in [9.17, 15) is 4.79 Å². The van der Waals surface area contributed by atoms with Gasteiger partial charge in [0.1, 0.15) is 11.5 Å². The molecule has 1 aliphatic heterocycles. The van der Waals surface area contributed by atoms with Crippen molar-refractivity contribution in [3.8, 4) is 0 Å². The van der Waals surface area contributed by atoms with Crippen LogP contribution >= 0.6 is 46.4 Å². The number of aryl methyl sites for hydroxylation is 6. The zero-order valence-corrected chi connectivity index (χ0v) is 39.5. The van der Waals surface area contributed by atoms with Gasteiger partial charge in [-0.05, 0) is 156 Å². The van der Waals surface area contributed by atoms with Crippen LogP contribution < -0.4 is 10.6 Å². The Kier molecular flexibility index (Phi) is 13.2. The molecule has 0 amide bonds. The van der Waals surface area contributed by atoms with Crippen molar-refractivity contribution in [1.82, 2.24) is 0 Å². The molecule has 2 N–H and O–H groups in total. The van der Waals surface area contributed by atoms with Gasteiger partial charge in [0.25, 0.3) is 0 Å². The first-order chi connectivity index (χ1) is 30.8. The third-order valence-electron chi connectivity index (χ3n) is 12.2. The van der Waals surface area contributed by atoms with Gasteiger partial charge in [-0.1, -0.05) is 121 Å². The van der Waals surface area contributed by atoms with Gasteiger partial charge in [0.05, 0.1) is 51.3 Å². The van der Waals surface area contributed by atoms with Crippen molar-refractivity contribution in [2.75, 3.05) is 10.6 Å². The minimum absolute atomic E-state index is 0.0217. The van der Waals surface area contributed by atoms with Crippen LogP contribution in [0.5, 0.6) is 0 Å². The molecule has 0 aliphatic carbocycles. The van der Waals surface area contributed by atoms with Gasteiger partial charge in [0.15, 0.2) is 5.60 Å². The first kappa shape index (κ1) is 45.0. The lowest BCUT2D eigenvalue weighted by atomic mass is 9.82. The maximum absolute atomic E-state index is 14.4. The Morgan fingerprint density at radius 1 is 0.547 bits per heavy atom. The van der Waals surface area contributed by atoms with Crippen LogP contribution in [0, 0.1) is 27.7 Å². The van der Waals surface area contributed by atoms with Gasteiger partial charge in [-0.15, -0.1) is 0 Å². The Morgan fingerprint density at radius 3 is 1.39 bits per heavy atom. The predicted molar refractivity (Wildman–Crippen MR) is 263 cm³/mol. The van der Waals surface area contributed by atoms with Crippen molar-refractivity contribution in [2.45, 2.75) is 73.1 Å². The largest absolute Gasteiger partial charge is 0.467 e. The van der Waals surface area contributed by atoms with Crippen LogP contribution in [0.3, 0.4) is 0 Å². The van der Waals surface area contributed by atoms with E-state index in [-0.39, 0.29) is 25.7 Å². The van der Waals surface area contributed by atoms with E-state index >= 15 is 0 Å². The van der Waals surface area contributed by atoms with Crippen LogP contribution in [0.2, 0.25) is 20.1 Å². The summed E-state index contributed by atoms with van der Waals surface area (Å²) in [6.07, 6.45) is 9.12. The van der Waals surface area contributed by atoms with Gasteiger partial charge in [-0.3, -0.25) is 0 Å². The van der Waals surface area contributed by atoms with E-state index in [4.69, 9.17) is 60.0 Å². The number of hydrogen-bond donors (Lipinski definition) is 2. The van der Waals surface area contributed by atoms with Crippen LogP contribution in [-0.2, 0) is 36.3 Å². The zero-order valence-electron chi connectivity index (χ0n) is 36.5. The number of carbonyl (C=O) groups is 1. The Morgan fingerprint density at radius 2 is 0.969 bits per heavy atom. The number of esters is 1. The van der Waals surface area contributed by atoms with E-state index in [2.05, 4.69) is 88.6 Å². The molecule has 0 unspecified atom stereocenters. The van der Waals surface area contributed by atoms with Crippen molar-refractivity contribution in [1.29, 1.82) is 0 Å². The molecule has 0 radical (unpaired) electrons. The smallest absolute Gasteiger partial charge is 0.341 e. The number of nitrogens with one attached hydrogen (secondary N) is 2. The molecule has 0 spiro atoms. The Hall–Kier alpha value is -5.63. The number of carbonyl (C=O) groups excluding carboxylic acids is 1. The number of ether oxygens (including phenoxy) is 1. The molecule has 7 aromatic rings. The summed E-state index contributed by atoms with van der Waals surface area (Å²) >= 11 is 27.7. The molecule has 1 aliphatic rings. The summed E-state index contributed by atoms with van der Waals surface area (Å²) in [5.74, 6) is 1.12.